The zero-order valence-electron chi connectivity index (χ0n) is 13.2. The van der Waals surface area contributed by atoms with Gasteiger partial charge in [-0.1, -0.05) is 72.8 Å². The number of benzene rings is 4. The number of furan rings is 1. The summed E-state index contributed by atoms with van der Waals surface area (Å²) in [5.41, 5.74) is 4.60. The van der Waals surface area contributed by atoms with Crippen molar-refractivity contribution in [3.8, 4) is 0 Å². The van der Waals surface area contributed by atoms with Gasteiger partial charge >= 0.3 is 0 Å². The number of hydrogen-bond donors (Lipinski definition) is 0. The minimum atomic E-state index is 0.952. The van der Waals surface area contributed by atoms with Gasteiger partial charge in [-0.3, -0.25) is 0 Å². The van der Waals surface area contributed by atoms with E-state index in [2.05, 4.69) is 72.8 Å². The van der Waals surface area contributed by atoms with Gasteiger partial charge in [0.1, 0.15) is 11.2 Å². The van der Waals surface area contributed by atoms with Gasteiger partial charge in [-0.05, 0) is 35.1 Å². The molecule has 114 valence electrons. The van der Waals surface area contributed by atoms with E-state index in [1.807, 2.05) is 12.1 Å². The van der Waals surface area contributed by atoms with Crippen molar-refractivity contribution < 1.29 is 4.42 Å². The van der Waals surface area contributed by atoms with Crippen molar-refractivity contribution in [2.75, 3.05) is 0 Å². The second kappa shape index (κ2) is 5.24. The summed E-state index contributed by atoms with van der Waals surface area (Å²) in [7, 11) is 0. The molecule has 4 aromatic carbocycles. The first-order chi connectivity index (χ1) is 11.9. The molecule has 0 bridgehead atoms. The Morgan fingerprint density at radius 1 is 0.583 bits per heavy atom. The van der Waals surface area contributed by atoms with Crippen LogP contribution in [0.2, 0.25) is 0 Å². The topological polar surface area (TPSA) is 13.1 Å². The van der Waals surface area contributed by atoms with E-state index in [1.54, 1.807) is 0 Å². The molecule has 0 spiro atoms. The van der Waals surface area contributed by atoms with Gasteiger partial charge < -0.3 is 4.42 Å². The fraction of sp³-hybridized carbons (Fsp3) is 0.0435. The molecule has 0 amide bonds. The monoisotopic (exact) mass is 308 g/mol. The van der Waals surface area contributed by atoms with Crippen molar-refractivity contribution in [3.05, 3.63) is 96.1 Å². The summed E-state index contributed by atoms with van der Waals surface area (Å²) < 4.78 is 6.12. The van der Waals surface area contributed by atoms with Crippen LogP contribution < -0.4 is 0 Å². The van der Waals surface area contributed by atoms with E-state index in [9.17, 15) is 0 Å². The van der Waals surface area contributed by atoms with Gasteiger partial charge in [0.15, 0.2) is 0 Å². The highest BCUT2D eigenvalue weighted by atomic mass is 16.3. The molecule has 1 heterocycles. The summed E-state index contributed by atoms with van der Waals surface area (Å²) in [4.78, 5) is 0. The zero-order valence-corrected chi connectivity index (χ0v) is 13.2. The van der Waals surface area contributed by atoms with E-state index in [-0.39, 0.29) is 0 Å². The molecule has 0 atom stereocenters. The summed E-state index contributed by atoms with van der Waals surface area (Å²) in [6.07, 6.45) is 0.953. The predicted octanol–water partition coefficient (Wildman–Crippen LogP) is 6.33. The summed E-state index contributed by atoms with van der Waals surface area (Å²) >= 11 is 0. The Labute approximate surface area is 140 Å². The normalized spacial score (nSPS) is 11.5. The first-order valence-electron chi connectivity index (χ1n) is 8.25. The maximum atomic E-state index is 6.12. The minimum Gasteiger partial charge on any atom is -0.455 e. The van der Waals surface area contributed by atoms with Gasteiger partial charge in [0.25, 0.3) is 0 Å². The molecule has 0 saturated heterocycles. The van der Waals surface area contributed by atoms with E-state index in [1.165, 1.54) is 32.7 Å². The number of fused-ring (bicyclic) bond motifs is 5. The Hall–Kier alpha value is -3.06. The number of rotatable bonds is 2. The molecule has 5 aromatic rings. The highest BCUT2D eigenvalue weighted by Crippen LogP contribution is 2.34. The Balaban J connectivity index is 1.68. The number of para-hydroxylation sites is 1. The summed E-state index contributed by atoms with van der Waals surface area (Å²) in [5, 5.41) is 4.78. The molecule has 0 aliphatic carbocycles. The SMILES string of the molecule is c1ccc(Cc2ccc3c(ccc4c5ccccc5oc34)c2)cc1. The molecule has 1 heteroatoms. The van der Waals surface area contributed by atoms with Crippen LogP contribution in [-0.2, 0) is 6.42 Å². The lowest BCUT2D eigenvalue weighted by atomic mass is 10.00. The second-order valence-electron chi connectivity index (χ2n) is 6.26. The fourth-order valence-corrected chi connectivity index (χ4v) is 3.50. The zero-order chi connectivity index (χ0) is 15.9. The van der Waals surface area contributed by atoms with Gasteiger partial charge in [0.05, 0.1) is 0 Å². The van der Waals surface area contributed by atoms with Gasteiger partial charge in [-0.25, -0.2) is 0 Å². The molecular formula is C23H16O. The van der Waals surface area contributed by atoms with Crippen molar-refractivity contribution >= 4 is 32.7 Å². The molecule has 0 fully saturated rings. The molecule has 1 aromatic heterocycles. The molecule has 0 unspecified atom stereocenters. The van der Waals surface area contributed by atoms with E-state index in [0.29, 0.717) is 0 Å². The lowest BCUT2D eigenvalue weighted by molar-refractivity contribution is 0.672. The average molecular weight is 308 g/mol. The number of hydrogen-bond acceptors (Lipinski definition) is 1. The van der Waals surface area contributed by atoms with Crippen molar-refractivity contribution in [1.29, 1.82) is 0 Å². The Morgan fingerprint density at radius 3 is 2.29 bits per heavy atom. The third-order valence-electron chi connectivity index (χ3n) is 4.68. The molecule has 0 aliphatic heterocycles. The Bertz CT molecular complexity index is 1170. The third kappa shape index (κ3) is 2.10. The third-order valence-corrected chi connectivity index (χ3v) is 4.68. The molecule has 0 radical (unpaired) electrons. The Kier molecular flexibility index (Phi) is 2.92. The van der Waals surface area contributed by atoms with Crippen LogP contribution in [0.3, 0.4) is 0 Å². The first-order valence-corrected chi connectivity index (χ1v) is 8.25. The molecular weight excluding hydrogens is 292 g/mol. The van der Waals surface area contributed by atoms with E-state index in [0.717, 1.165) is 17.6 Å². The molecule has 5 rings (SSSR count). The van der Waals surface area contributed by atoms with Crippen LogP contribution in [0.1, 0.15) is 11.1 Å². The Morgan fingerprint density at radius 2 is 1.38 bits per heavy atom. The predicted molar refractivity (Wildman–Crippen MR) is 100 cm³/mol. The van der Waals surface area contributed by atoms with Crippen LogP contribution in [0, 0.1) is 0 Å². The van der Waals surface area contributed by atoms with E-state index in [4.69, 9.17) is 4.42 Å². The van der Waals surface area contributed by atoms with Crippen LogP contribution in [0.15, 0.2) is 89.3 Å². The highest BCUT2D eigenvalue weighted by molar-refractivity contribution is 6.14. The van der Waals surface area contributed by atoms with Crippen molar-refractivity contribution in [2.24, 2.45) is 0 Å². The lowest BCUT2D eigenvalue weighted by Crippen LogP contribution is -1.87. The second-order valence-corrected chi connectivity index (χ2v) is 6.26. The fourth-order valence-electron chi connectivity index (χ4n) is 3.50. The average Bonchev–Trinajstić information content (AvgIpc) is 3.01. The largest absolute Gasteiger partial charge is 0.455 e. The van der Waals surface area contributed by atoms with Crippen LogP contribution >= 0.6 is 0 Å². The summed E-state index contributed by atoms with van der Waals surface area (Å²) in [6, 6.07) is 29.9. The molecule has 0 aliphatic rings. The highest BCUT2D eigenvalue weighted by Gasteiger charge is 2.10. The molecule has 24 heavy (non-hydrogen) atoms. The van der Waals surface area contributed by atoms with Crippen LogP contribution in [0.5, 0.6) is 0 Å². The smallest absolute Gasteiger partial charge is 0.143 e. The van der Waals surface area contributed by atoms with Crippen LogP contribution in [-0.4, -0.2) is 0 Å². The first kappa shape index (κ1) is 13.4. The van der Waals surface area contributed by atoms with Gasteiger partial charge in [-0.15, -0.1) is 0 Å². The molecule has 0 N–H and O–H groups in total. The standard InChI is InChI=1S/C23H16O/c1-2-6-16(7-3-1)14-17-10-12-19-18(15-17)11-13-21-20-8-4-5-9-22(20)24-23(19)21/h1-13,15H,14H2. The van der Waals surface area contributed by atoms with Crippen LogP contribution in [0.4, 0.5) is 0 Å². The maximum Gasteiger partial charge on any atom is 0.143 e. The minimum absolute atomic E-state index is 0.952. The van der Waals surface area contributed by atoms with E-state index >= 15 is 0 Å². The quantitative estimate of drug-likeness (QED) is 0.371. The van der Waals surface area contributed by atoms with Gasteiger partial charge in [0.2, 0.25) is 0 Å². The molecule has 0 saturated carbocycles. The lowest BCUT2D eigenvalue weighted by Gasteiger charge is -2.05. The van der Waals surface area contributed by atoms with Crippen molar-refractivity contribution in [2.45, 2.75) is 6.42 Å². The van der Waals surface area contributed by atoms with Crippen molar-refractivity contribution in [3.63, 3.8) is 0 Å². The van der Waals surface area contributed by atoms with Crippen LogP contribution in [0.25, 0.3) is 32.7 Å². The van der Waals surface area contributed by atoms with Gasteiger partial charge in [-0.2, -0.15) is 0 Å². The summed E-state index contributed by atoms with van der Waals surface area (Å²) in [6.45, 7) is 0. The van der Waals surface area contributed by atoms with E-state index < -0.39 is 0 Å². The van der Waals surface area contributed by atoms with Crippen molar-refractivity contribution in [1.82, 2.24) is 0 Å². The summed E-state index contributed by atoms with van der Waals surface area (Å²) in [5.74, 6) is 0. The molecule has 1 nitrogen and oxygen atoms in total. The maximum absolute atomic E-state index is 6.12. The van der Waals surface area contributed by atoms with Gasteiger partial charge in [0, 0.05) is 16.2 Å².